The van der Waals surface area contributed by atoms with Crippen LogP contribution in [0, 0.1) is 0 Å². The summed E-state index contributed by atoms with van der Waals surface area (Å²) in [7, 11) is 0. The highest BCUT2D eigenvalue weighted by atomic mass is 32.1. The van der Waals surface area contributed by atoms with Crippen LogP contribution in [0.5, 0.6) is 5.75 Å². The second-order valence-corrected chi connectivity index (χ2v) is 5.98. The fourth-order valence-electron chi connectivity index (χ4n) is 2.39. The zero-order valence-electron chi connectivity index (χ0n) is 12.3. The molecule has 1 unspecified atom stereocenters. The summed E-state index contributed by atoms with van der Waals surface area (Å²) in [5, 5.41) is 2.58. The van der Waals surface area contributed by atoms with E-state index in [-0.39, 0.29) is 17.6 Å². The predicted octanol–water partition coefficient (Wildman–Crippen LogP) is 3.26. The number of rotatable bonds is 3. The van der Waals surface area contributed by atoms with Crippen LogP contribution in [-0.4, -0.2) is 41.8 Å². The van der Waals surface area contributed by atoms with Crippen molar-refractivity contribution in [2.75, 3.05) is 19.7 Å². The van der Waals surface area contributed by atoms with E-state index < -0.39 is 12.1 Å². The Morgan fingerprint density at radius 1 is 1.42 bits per heavy atom. The third kappa shape index (κ3) is 4.04. The molecule has 0 spiro atoms. The Morgan fingerprint density at radius 3 is 2.96 bits per heavy atom. The van der Waals surface area contributed by atoms with Crippen molar-refractivity contribution < 1.29 is 27.4 Å². The van der Waals surface area contributed by atoms with E-state index in [9.17, 15) is 18.0 Å². The molecule has 1 aliphatic heterocycles. The lowest BCUT2D eigenvalue weighted by Crippen LogP contribution is -2.42. The molecule has 0 bridgehead atoms. The first-order chi connectivity index (χ1) is 11.4. The Labute approximate surface area is 139 Å². The van der Waals surface area contributed by atoms with Crippen molar-refractivity contribution in [3.8, 4) is 5.75 Å². The van der Waals surface area contributed by atoms with Gasteiger partial charge in [-0.15, -0.1) is 24.5 Å². The van der Waals surface area contributed by atoms with Gasteiger partial charge in [-0.1, -0.05) is 6.07 Å². The summed E-state index contributed by atoms with van der Waals surface area (Å²) in [6.07, 6.45) is -3.46. The number of alkyl halides is 3. The Bertz CT molecular complexity index is 706. The summed E-state index contributed by atoms with van der Waals surface area (Å²) in [5.41, 5.74) is 0.136. The third-order valence-electron chi connectivity index (χ3n) is 3.40. The van der Waals surface area contributed by atoms with Crippen molar-refractivity contribution in [2.45, 2.75) is 12.5 Å². The normalized spacial score (nSPS) is 18.5. The molecule has 2 aromatic rings. The van der Waals surface area contributed by atoms with Gasteiger partial charge < -0.3 is 14.4 Å². The number of nitrogens with zero attached hydrogens (tertiary/aromatic N) is 2. The minimum atomic E-state index is -4.80. The molecule has 2 heterocycles. The van der Waals surface area contributed by atoms with Gasteiger partial charge in [-0.2, -0.15) is 0 Å². The minimum absolute atomic E-state index is 0.136. The van der Waals surface area contributed by atoms with E-state index in [0.29, 0.717) is 19.7 Å². The summed E-state index contributed by atoms with van der Waals surface area (Å²) >= 11 is 1.43. The largest absolute Gasteiger partial charge is 0.573 e. The van der Waals surface area contributed by atoms with Crippen molar-refractivity contribution >= 4 is 17.2 Å². The van der Waals surface area contributed by atoms with Gasteiger partial charge in [0, 0.05) is 23.7 Å². The molecule has 0 radical (unpaired) electrons. The maximum atomic E-state index is 12.5. The highest BCUT2D eigenvalue weighted by Crippen LogP contribution is 2.27. The maximum absolute atomic E-state index is 12.5. The molecular weight excluding hydrogens is 345 g/mol. The number of ether oxygens (including phenoxy) is 2. The SMILES string of the molecule is O=C(c1cccc(OC(F)(F)F)c1)N1CCOC(c2nccs2)C1. The summed E-state index contributed by atoms with van der Waals surface area (Å²) in [5.74, 6) is -0.787. The zero-order chi connectivity index (χ0) is 17.2. The number of thiazole rings is 1. The number of amides is 1. The molecular formula is C15H13F3N2O3S. The smallest absolute Gasteiger partial charge is 0.406 e. The van der Waals surface area contributed by atoms with Crippen LogP contribution in [0.25, 0.3) is 0 Å². The summed E-state index contributed by atoms with van der Waals surface area (Å²) in [6.45, 7) is 1.01. The molecule has 1 saturated heterocycles. The molecule has 0 aliphatic carbocycles. The van der Waals surface area contributed by atoms with Gasteiger partial charge in [-0.3, -0.25) is 4.79 Å². The van der Waals surface area contributed by atoms with Crippen LogP contribution in [0.3, 0.4) is 0 Å². The second-order valence-electron chi connectivity index (χ2n) is 5.06. The minimum Gasteiger partial charge on any atom is -0.406 e. The maximum Gasteiger partial charge on any atom is 0.573 e. The lowest BCUT2D eigenvalue weighted by Gasteiger charge is -2.32. The van der Waals surface area contributed by atoms with E-state index >= 15 is 0 Å². The van der Waals surface area contributed by atoms with Crippen molar-refractivity contribution in [1.82, 2.24) is 9.88 Å². The van der Waals surface area contributed by atoms with Crippen molar-refractivity contribution in [2.24, 2.45) is 0 Å². The summed E-state index contributed by atoms with van der Waals surface area (Å²) in [6, 6.07) is 5.05. The average molecular weight is 358 g/mol. The average Bonchev–Trinajstić information content (AvgIpc) is 3.07. The first kappa shape index (κ1) is 16.7. The van der Waals surface area contributed by atoms with Crippen LogP contribution in [0.4, 0.5) is 13.2 Å². The van der Waals surface area contributed by atoms with E-state index in [2.05, 4.69) is 9.72 Å². The van der Waals surface area contributed by atoms with Crippen LogP contribution < -0.4 is 4.74 Å². The van der Waals surface area contributed by atoms with Gasteiger partial charge in [0.1, 0.15) is 16.9 Å². The lowest BCUT2D eigenvalue weighted by molar-refractivity contribution is -0.274. The molecule has 1 fully saturated rings. The first-order valence-corrected chi connectivity index (χ1v) is 7.96. The van der Waals surface area contributed by atoms with Gasteiger partial charge in [0.05, 0.1) is 13.2 Å². The summed E-state index contributed by atoms with van der Waals surface area (Å²) < 4.78 is 46.4. The van der Waals surface area contributed by atoms with Crippen LogP contribution >= 0.6 is 11.3 Å². The molecule has 1 amide bonds. The standard InChI is InChI=1S/C15H13F3N2O3S/c16-15(17,18)23-11-3-1-2-10(8-11)14(21)20-5-6-22-12(9-20)13-19-4-7-24-13/h1-4,7-8,12H,5-6,9H2. The Balaban J connectivity index is 1.73. The van der Waals surface area contributed by atoms with Crippen LogP contribution in [0.15, 0.2) is 35.8 Å². The monoisotopic (exact) mass is 358 g/mol. The summed E-state index contributed by atoms with van der Waals surface area (Å²) in [4.78, 5) is 18.3. The van der Waals surface area contributed by atoms with E-state index in [1.807, 2.05) is 5.38 Å². The van der Waals surface area contributed by atoms with Gasteiger partial charge >= 0.3 is 6.36 Å². The number of hydrogen-bond donors (Lipinski definition) is 0. The molecule has 9 heteroatoms. The van der Waals surface area contributed by atoms with Crippen LogP contribution in [0.2, 0.25) is 0 Å². The fourth-order valence-corrected chi connectivity index (χ4v) is 3.06. The number of halogens is 3. The number of benzene rings is 1. The van der Waals surface area contributed by atoms with E-state index in [1.54, 1.807) is 11.1 Å². The Kier molecular flexibility index (Phi) is 4.72. The molecule has 1 aliphatic rings. The van der Waals surface area contributed by atoms with Gasteiger partial charge in [0.15, 0.2) is 0 Å². The number of aromatic nitrogens is 1. The molecule has 3 rings (SSSR count). The molecule has 1 aromatic heterocycles. The fraction of sp³-hybridized carbons (Fsp3) is 0.333. The van der Waals surface area contributed by atoms with Crippen molar-refractivity contribution in [1.29, 1.82) is 0 Å². The van der Waals surface area contributed by atoms with Gasteiger partial charge in [-0.05, 0) is 18.2 Å². The number of carbonyl (C=O) groups excluding carboxylic acids is 1. The lowest BCUT2D eigenvalue weighted by atomic mass is 10.1. The van der Waals surface area contributed by atoms with Gasteiger partial charge in [0.2, 0.25) is 0 Å². The Hall–Kier alpha value is -2.13. The Morgan fingerprint density at radius 2 is 2.25 bits per heavy atom. The van der Waals surface area contributed by atoms with E-state index in [0.717, 1.165) is 17.1 Å². The van der Waals surface area contributed by atoms with Gasteiger partial charge in [-0.25, -0.2) is 4.98 Å². The van der Waals surface area contributed by atoms with Crippen molar-refractivity contribution in [3.63, 3.8) is 0 Å². The third-order valence-corrected chi connectivity index (χ3v) is 4.26. The number of hydrogen-bond acceptors (Lipinski definition) is 5. The second kappa shape index (κ2) is 6.78. The molecule has 24 heavy (non-hydrogen) atoms. The molecule has 1 aromatic carbocycles. The molecule has 5 nitrogen and oxygen atoms in total. The molecule has 0 saturated carbocycles. The topological polar surface area (TPSA) is 51.7 Å². The van der Waals surface area contributed by atoms with Crippen LogP contribution in [-0.2, 0) is 4.74 Å². The van der Waals surface area contributed by atoms with Gasteiger partial charge in [0.25, 0.3) is 5.91 Å². The predicted molar refractivity (Wildman–Crippen MR) is 79.8 cm³/mol. The van der Waals surface area contributed by atoms with E-state index in [1.165, 1.54) is 23.5 Å². The molecule has 1 atom stereocenters. The quantitative estimate of drug-likeness (QED) is 0.845. The van der Waals surface area contributed by atoms with Crippen LogP contribution in [0.1, 0.15) is 21.5 Å². The molecule has 128 valence electrons. The van der Waals surface area contributed by atoms with E-state index in [4.69, 9.17) is 4.74 Å². The number of carbonyl (C=O) groups is 1. The highest BCUT2D eigenvalue weighted by Gasteiger charge is 2.32. The molecule has 0 N–H and O–H groups in total. The van der Waals surface area contributed by atoms with Crippen molar-refractivity contribution in [3.05, 3.63) is 46.4 Å². The first-order valence-electron chi connectivity index (χ1n) is 7.08. The zero-order valence-corrected chi connectivity index (χ0v) is 13.1. The highest BCUT2D eigenvalue weighted by molar-refractivity contribution is 7.09. The number of morpholine rings is 1.